The maximum absolute atomic E-state index is 2.33. The van der Waals surface area contributed by atoms with E-state index in [0.29, 0.717) is 0 Å². The molecule has 2 aromatic heterocycles. The molecular formula is C32H30Cl2S2Zr. The Morgan fingerprint density at radius 1 is 0.595 bits per heavy atom. The fraction of sp³-hybridized carbons (Fsp3) is 0.188. The number of rotatable bonds is 4. The molecule has 4 aromatic carbocycles. The van der Waals surface area contributed by atoms with E-state index in [1.807, 2.05) is 22.7 Å². The van der Waals surface area contributed by atoms with Gasteiger partial charge >= 0.3 is 26.2 Å². The Hall–Kier alpha value is -1.48. The summed E-state index contributed by atoms with van der Waals surface area (Å²) >= 11 is 3.74. The molecule has 0 aliphatic carbocycles. The van der Waals surface area contributed by atoms with Gasteiger partial charge in [-0.3, -0.25) is 0 Å². The molecule has 5 heteroatoms. The Labute approximate surface area is 260 Å². The molecule has 0 amide bonds. The van der Waals surface area contributed by atoms with Gasteiger partial charge < -0.3 is 24.8 Å². The monoisotopic (exact) mass is 638 g/mol. The van der Waals surface area contributed by atoms with Gasteiger partial charge in [-0.25, -0.2) is 0 Å². The first-order chi connectivity index (χ1) is 16.6. The van der Waals surface area contributed by atoms with Gasteiger partial charge in [0.25, 0.3) is 0 Å². The minimum absolute atomic E-state index is 0. The number of benzene rings is 2. The van der Waals surface area contributed by atoms with Crippen molar-refractivity contribution in [3.63, 3.8) is 0 Å². The van der Waals surface area contributed by atoms with Crippen LogP contribution in [0.2, 0.25) is 0 Å². The normalized spacial score (nSPS) is 10.3. The second-order valence-electron chi connectivity index (χ2n) is 8.86. The first-order valence-electron chi connectivity index (χ1n) is 12.1. The predicted molar refractivity (Wildman–Crippen MR) is 154 cm³/mol. The topological polar surface area (TPSA) is 0 Å². The Kier molecular flexibility index (Phi) is 12.1. The first-order valence-corrected chi connectivity index (χ1v) is 13.7. The zero-order valence-corrected chi connectivity index (χ0v) is 27.2. The molecule has 0 nitrogen and oxygen atoms in total. The van der Waals surface area contributed by atoms with Crippen molar-refractivity contribution in [3.8, 4) is 20.9 Å². The number of hydrogen-bond donors (Lipinski definition) is 0. The molecule has 0 unspecified atom stereocenters. The van der Waals surface area contributed by atoms with Crippen molar-refractivity contribution in [2.45, 2.75) is 40.5 Å². The Balaban J connectivity index is 0.000000241. The third-order valence-corrected chi connectivity index (χ3v) is 8.59. The minimum Gasteiger partial charge on any atom is -1.00 e. The smallest absolute Gasteiger partial charge is 1.00 e. The van der Waals surface area contributed by atoms with E-state index in [1.54, 1.807) is 0 Å². The maximum atomic E-state index is 2.33. The van der Waals surface area contributed by atoms with E-state index in [1.165, 1.54) is 63.3 Å². The van der Waals surface area contributed by atoms with Crippen LogP contribution in [0, 0.1) is 13.8 Å². The molecule has 0 bridgehead atoms. The van der Waals surface area contributed by atoms with Crippen molar-refractivity contribution in [1.29, 1.82) is 0 Å². The van der Waals surface area contributed by atoms with Crippen LogP contribution in [0.1, 0.15) is 34.7 Å². The van der Waals surface area contributed by atoms with Crippen molar-refractivity contribution in [3.05, 3.63) is 106 Å². The summed E-state index contributed by atoms with van der Waals surface area (Å²) in [5.74, 6) is 0. The molecule has 2 heterocycles. The van der Waals surface area contributed by atoms with Gasteiger partial charge in [-0.05, 0) is 46.2 Å². The van der Waals surface area contributed by atoms with E-state index in [-0.39, 0.29) is 51.0 Å². The summed E-state index contributed by atoms with van der Waals surface area (Å²) < 4.78 is 0. The number of thiophene rings is 2. The molecule has 0 radical (unpaired) electrons. The quantitative estimate of drug-likeness (QED) is 0.252. The summed E-state index contributed by atoms with van der Waals surface area (Å²) in [5, 5.41) is 5.56. The van der Waals surface area contributed by atoms with Crippen molar-refractivity contribution in [1.82, 2.24) is 0 Å². The van der Waals surface area contributed by atoms with E-state index in [2.05, 4.69) is 113 Å². The summed E-state index contributed by atoms with van der Waals surface area (Å²) in [6.45, 7) is 8.76. The summed E-state index contributed by atoms with van der Waals surface area (Å²) in [6, 6.07) is 31.3. The molecular weight excluding hydrogens is 611 g/mol. The van der Waals surface area contributed by atoms with Gasteiger partial charge in [0.1, 0.15) is 0 Å². The number of fused-ring (bicyclic) bond motifs is 2. The van der Waals surface area contributed by atoms with Crippen LogP contribution < -0.4 is 24.8 Å². The second kappa shape index (κ2) is 14.1. The molecule has 0 aliphatic heterocycles. The first kappa shape index (κ1) is 31.7. The van der Waals surface area contributed by atoms with Crippen LogP contribution in [-0.4, -0.2) is 0 Å². The van der Waals surface area contributed by atoms with Crippen molar-refractivity contribution in [2.75, 3.05) is 0 Å². The fourth-order valence-electron chi connectivity index (χ4n) is 4.68. The molecule has 0 fully saturated rings. The number of halogens is 2. The zero-order chi connectivity index (χ0) is 23.7. The number of hydrogen-bond acceptors (Lipinski definition) is 2. The van der Waals surface area contributed by atoms with Crippen LogP contribution in [-0.2, 0) is 39.0 Å². The molecule has 188 valence electrons. The molecule has 0 atom stereocenters. The van der Waals surface area contributed by atoms with E-state index < -0.39 is 0 Å². The molecule has 0 aliphatic rings. The third kappa shape index (κ3) is 6.94. The van der Waals surface area contributed by atoms with Gasteiger partial charge in [-0.15, -0.1) is 69.1 Å². The van der Waals surface area contributed by atoms with Crippen molar-refractivity contribution >= 4 is 44.2 Å². The molecule has 0 saturated carbocycles. The van der Waals surface area contributed by atoms with Gasteiger partial charge in [0.05, 0.1) is 0 Å². The molecule has 0 spiro atoms. The van der Waals surface area contributed by atoms with Crippen LogP contribution >= 0.6 is 22.7 Å². The Morgan fingerprint density at radius 3 is 1.32 bits per heavy atom. The molecule has 0 saturated heterocycles. The second-order valence-corrected chi connectivity index (χ2v) is 11.4. The molecule has 37 heavy (non-hydrogen) atoms. The van der Waals surface area contributed by atoms with Crippen LogP contribution in [0.5, 0.6) is 0 Å². The standard InChI is InChI=1S/2C16H15S.2ClH.Zr/c2*1-3-12-5-4-6-13-9-14(10-15(12)13)16-8-7-11(2)17-16;;;/h2*4-10H,3H2,1-2H3;2*1H;/q2*-1;;;+4/p-2. The summed E-state index contributed by atoms with van der Waals surface area (Å²) in [6.07, 6.45) is 2.20. The van der Waals surface area contributed by atoms with Gasteiger partial charge in [0.15, 0.2) is 0 Å². The summed E-state index contributed by atoms with van der Waals surface area (Å²) in [4.78, 5) is 5.50. The average Bonchev–Trinajstić information content (AvgIpc) is 3.63. The summed E-state index contributed by atoms with van der Waals surface area (Å²) in [7, 11) is 0. The van der Waals surface area contributed by atoms with Crippen LogP contribution in [0.15, 0.2) is 84.9 Å². The molecule has 6 aromatic rings. The SMILES string of the molecule is CCc1cccc2[cH-]c(-c3ccc(C)s3)cc12.CCc1cccc2[cH-]c(-c3ccc(C)s3)cc12.[Cl-].[Cl-].[Zr+4]. The van der Waals surface area contributed by atoms with Crippen LogP contribution in [0.3, 0.4) is 0 Å². The average molecular weight is 641 g/mol. The third-order valence-electron chi connectivity index (χ3n) is 6.49. The minimum atomic E-state index is 0. The van der Waals surface area contributed by atoms with Crippen LogP contribution in [0.4, 0.5) is 0 Å². The van der Waals surface area contributed by atoms with Gasteiger partial charge in [-0.1, -0.05) is 73.5 Å². The Morgan fingerprint density at radius 2 is 1.00 bits per heavy atom. The van der Waals surface area contributed by atoms with E-state index in [4.69, 9.17) is 0 Å². The molecule has 0 N–H and O–H groups in total. The largest absolute Gasteiger partial charge is 4.00 e. The van der Waals surface area contributed by atoms with Gasteiger partial charge in [-0.2, -0.15) is 22.7 Å². The predicted octanol–water partition coefficient (Wildman–Crippen LogP) is 4.32. The fourth-order valence-corrected chi connectivity index (χ4v) is 6.39. The maximum Gasteiger partial charge on any atom is 4.00 e. The van der Waals surface area contributed by atoms with Crippen molar-refractivity contribution in [2.24, 2.45) is 0 Å². The van der Waals surface area contributed by atoms with E-state index in [9.17, 15) is 0 Å². The Bertz CT molecular complexity index is 1450. The summed E-state index contributed by atoms with van der Waals surface area (Å²) in [5.41, 5.74) is 5.61. The zero-order valence-electron chi connectivity index (χ0n) is 21.6. The van der Waals surface area contributed by atoms with Gasteiger partial charge in [0, 0.05) is 0 Å². The molecule has 6 rings (SSSR count). The van der Waals surface area contributed by atoms with Crippen molar-refractivity contribution < 1.29 is 51.0 Å². The van der Waals surface area contributed by atoms with E-state index >= 15 is 0 Å². The van der Waals surface area contributed by atoms with Gasteiger partial charge in [0.2, 0.25) is 0 Å². The number of aryl methyl sites for hydroxylation is 4. The van der Waals surface area contributed by atoms with E-state index in [0.717, 1.165) is 12.8 Å². The van der Waals surface area contributed by atoms with Crippen LogP contribution in [0.25, 0.3) is 42.4 Å².